The lowest BCUT2D eigenvalue weighted by atomic mass is 10.1. The highest BCUT2D eigenvalue weighted by Crippen LogP contribution is 2.30. The fraction of sp³-hybridized carbons (Fsp3) is 0.571. The molecule has 2 N–H and O–H groups in total. The van der Waals surface area contributed by atoms with E-state index in [0.29, 0.717) is 5.75 Å². The molecule has 1 aromatic rings. The van der Waals surface area contributed by atoms with E-state index in [2.05, 4.69) is 22.4 Å². The highest BCUT2D eigenvalue weighted by atomic mass is 16.5. The number of aryl methyl sites for hydroxylation is 1. The second-order valence-corrected chi connectivity index (χ2v) is 5.09. The minimum atomic E-state index is 0.228. The van der Waals surface area contributed by atoms with Crippen LogP contribution in [0.3, 0.4) is 0 Å². The molecule has 1 fully saturated rings. The van der Waals surface area contributed by atoms with E-state index in [4.69, 9.17) is 4.74 Å². The summed E-state index contributed by atoms with van der Waals surface area (Å²) >= 11 is 0. The van der Waals surface area contributed by atoms with Crippen molar-refractivity contribution in [1.29, 1.82) is 0 Å². The van der Waals surface area contributed by atoms with E-state index in [0.717, 1.165) is 43.9 Å². The number of ether oxygens (including phenoxy) is 1. The van der Waals surface area contributed by atoms with Crippen LogP contribution in [0.15, 0.2) is 12.1 Å². The number of benzene rings is 1. The molecular formula is C14H23N3O2. The predicted octanol–water partition coefficient (Wildman–Crippen LogP) is 0.961. The molecule has 0 radical (unpaired) electrons. The Labute approximate surface area is 114 Å². The van der Waals surface area contributed by atoms with Gasteiger partial charge in [0.25, 0.3) is 0 Å². The van der Waals surface area contributed by atoms with Gasteiger partial charge in [-0.25, -0.2) is 5.01 Å². The van der Waals surface area contributed by atoms with Crippen LogP contribution in [0.5, 0.6) is 11.5 Å². The van der Waals surface area contributed by atoms with Gasteiger partial charge in [0.05, 0.1) is 7.11 Å². The van der Waals surface area contributed by atoms with E-state index in [1.807, 2.05) is 19.1 Å². The molecule has 106 valence electrons. The Balaban J connectivity index is 1.94. The summed E-state index contributed by atoms with van der Waals surface area (Å²) in [6, 6.07) is 3.87. The fourth-order valence-corrected chi connectivity index (χ4v) is 2.24. The van der Waals surface area contributed by atoms with Crippen LogP contribution in [0.2, 0.25) is 0 Å². The summed E-state index contributed by atoms with van der Waals surface area (Å²) in [6.07, 6.45) is 0. The molecule has 5 heteroatoms. The first-order valence-electron chi connectivity index (χ1n) is 6.63. The van der Waals surface area contributed by atoms with Gasteiger partial charge in [0, 0.05) is 32.7 Å². The molecule has 0 unspecified atom stereocenters. The first kappa shape index (κ1) is 14.1. The molecule has 0 bridgehead atoms. The summed E-state index contributed by atoms with van der Waals surface area (Å²) in [6.45, 7) is 6.88. The summed E-state index contributed by atoms with van der Waals surface area (Å²) in [4.78, 5) is 2.33. The molecule has 0 atom stereocenters. The lowest BCUT2D eigenvalue weighted by Crippen LogP contribution is -2.50. The Morgan fingerprint density at radius 1 is 1.26 bits per heavy atom. The van der Waals surface area contributed by atoms with Gasteiger partial charge in [-0.05, 0) is 31.2 Å². The molecule has 2 rings (SSSR count). The van der Waals surface area contributed by atoms with Crippen LogP contribution in [0.1, 0.15) is 11.1 Å². The largest absolute Gasteiger partial charge is 0.504 e. The van der Waals surface area contributed by atoms with Crippen LogP contribution in [0.4, 0.5) is 0 Å². The molecule has 0 aliphatic carbocycles. The van der Waals surface area contributed by atoms with Gasteiger partial charge in [0.1, 0.15) is 0 Å². The average molecular weight is 265 g/mol. The van der Waals surface area contributed by atoms with E-state index >= 15 is 0 Å². The molecule has 1 heterocycles. The predicted molar refractivity (Wildman–Crippen MR) is 75.3 cm³/mol. The van der Waals surface area contributed by atoms with E-state index in [-0.39, 0.29) is 5.75 Å². The van der Waals surface area contributed by atoms with Gasteiger partial charge < -0.3 is 14.7 Å². The number of methoxy groups -OCH3 is 1. The van der Waals surface area contributed by atoms with Gasteiger partial charge in [0.15, 0.2) is 11.5 Å². The first-order chi connectivity index (χ1) is 9.10. The van der Waals surface area contributed by atoms with Gasteiger partial charge in [-0.15, -0.1) is 0 Å². The normalized spacial score (nSPS) is 17.6. The number of hydrazine groups is 1. The maximum absolute atomic E-state index is 9.81. The number of rotatable bonds is 4. The lowest BCUT2D eigenvalue weighted by molar-refractivity contribution is 0.102. The SMILES string of the molecule is COc1cc(CNN2CCN(C)CC2)cc(C)c1O. The Bertz CT molecular complexity index is 429. The minimum absolute atomic E-state index is 0.228. The molecule has 1 aliphatic rings. The van der Waals surface area contributed by atoms with Crippen molar-refractivity contribution in [1.82, 2.24) is 15.3 Å². The topological polar surface area (TPSA) is 48.0 Å². The standard InChI is InChI=1S/C14H23N3O2/c1-11-8-12(9-13(19-3)14(11)18)10-15-17-6-4-16(2)5-7-17/h8-9,15,18H,4-7,10H2,1-3H3. The van der Waals surface area contributed by atoms with E-state index in [1.165, 1.54) is 0 Å². The van der Waals surface area contributed by atoms with Gasteiger partial charge >= 0.3 is 0 Å². The Morgan fingerprint density at radius 2 is 1.95 bits per heavy atom. The third-order valence-corrected chi connectivity index (χ3v) is 3.56. The average Bonchev–Trinajstić information content (AvgIpc) is 2.41. The fourth-order valence-electron chi connectivity index (χ4n) is 2.24. The Morgan fingerprint density at radius 3 is 2.58 bits per heavy atom. The molecular weight excluding hydrogens is 242 g/mol. The molecule has 1 saturated heterocycles. The van der Waals surface area contributed by atoms with Crippen LogP contribution in [-0.2, 0) is 6.54 Å². The van der Waals surface area contributed by atoms with Gasteiger partial charge in [-0.1, -0.05) is 6.07 Å². The maximum atomic E-state index is 9.81. The third-order valence-electron chi connectivity index (χ3n) is 3.56. The molecule has 0 amide bonds. The van der Waals surface area contributed by atoms with Crippen molar-refractivity contribution in [3.8, 4) is 11.5 Å². The number of nitrogens with zero attached hydrogens (tertiary/aromatic N) is 2. The van der Waals surface area contributed by atoms with E-state index < -0.39 is 0 Å². The van der Waals surface area contributed by atoms with Crippen LogP contribution in [0, 0.1) is 6.92 Å². The molecule has 5 nitrogen and oxygen atoms in total. The van der Waals surface area contributed by atoms with Crippen molar-refractivity contribution in [2.24, 2.45) is 0 Å². The van der Waals surface area contributed by atoms with E-state index in [1.54, 1.807) is 7.11 Å². The Kier molecular flexibility index (Phi) is 4.63. The summed E-state index contributed by atoms with van der Waals surface area (Å²) in [5.74, 6) is 0.765. The quantitative estimate of drug-likeness (QED) is 0.849. The van der Waals surface area contributed by atoms with Crippen LogP contribution in [-0.4, -0.2) is 55.4 Å². The number of hydrogen-bond donors (Lipinski definition) is 2. The number of hydrogen-bond acceptors (Lipinski definition) is 5. The molecule has 0 spiro atoms. The summed E-state index contributed by atoms with van der Waals surface area (Å²) < 4.78 is 5.17. The highest BCUT2D eigenvalue weighted by Gasteiger charge is 2.13. The zero-order valence-corrected chi connectivity index (χ0v) is 11.9. The van der Waals surface area contributed by atoms with Crippen molar-refractivity contribution in [3.63, 3.8) is 0 Å². The lowest BCUT2D eigenvalue weighted by Gasteiger charge is -2.32. The minimum Gasteiger partial charge on any atom is -0.504 e. The number of likely N-dealkylation sites (N-methyl/N-ethyl adjacent to an activating group) is 1. The smallest absolute Gasteiger partial charge is 0.161 e. The molecule has 0 saturated carbocycles. The Hall–Kier alpha value is -1.30. The number of aromatic hydroxyl groups is 1. The van der Waals surface area contributed by atoms with Crippen LogP contribution >= 0.6 is 0 Å². The van der Waals surface area contributed by atoms with Crippen LogP contribution in [0.25, 0.3) is 0 Å². The zero-order chi connectivity index (χ0) is 13.8. The number of phenols is 1. The zero-order valence-electron chi connectivity index (χ0n) is 11.9. The number of piperazine rings is 1. The molecule has 1 aliphatic heterocycles. The second kappa shape index (κ2) is 6.23. The van der Waals surface area contributed by atoms with Crippen molar-refractivity contribution < 1.29 is 9.84 Å². The van der Waals surface area contributed by atoms with Crippen molar-refractivity contribution in [2.45, 2.75) is 13.5 Å². The molecule has 0 aromatic heterocycles. The molecule has 1 aromatic carbocycles. The van der Waals surface area contributed by atoms with Gasteiger partial charge in [-0.3, -0.25) is 5.43 Å². The van der Waals surface area contributed by atoms with Crippen molar-refractivity contribution >= 4 is 0 Å². The van der Waals surface area contributed by atoms with E-state index in [9.17, 15) is 5.11 Å². The van der Waals surface area contributed by atoms with Gasteiger partial charge in [-0.2, -0.15) is 0 Å². The third kappa shape index (κ3) is 3.59. The summed E-state index contributed by atoms with van der Waals surface area (Å²) in [5.41, 5.74) is 5.38. The number of phenolic OH excluding ortho intramolecular Hbond substituents is 1. The first-order valence-corrected chi connectivity index (χ1v) is 6.63. The van der Waals surface area contributed by atoms with Gasteiger partial charge in [0.2, 0.25) is 0 Å². The van der Waals surface area contributed by atoms with Crippen LogP contribution < -0.4 is 10.2 Å². The number of nitrogens with one attached hydrogen (secondary N) is 1. The molecule has 19 heavy (non-hydrogen) atoms. The second-order valence-electron chi connectivity index (χ2n) is 5.09. The highest BCUT2D eigenvalue weighted by molar-refractivity contribution is 5.47. The summed E-state index contributed by atoms with van der Waals surface area (Å²) in [7, 11) is 3.72. The maximum Gasteiger partial charge on any atom is 0.161 e. The summed E-state index contributed by atoms with van der Waals surface area (Å²) in [5, 5.41) is 12.1. The van der Waals surface area contributed by atoms with Crippen molar-refractivity contribution in [3.05, 3.63) is 23.3 Å². The van der Waals surface area contributed by atoms with Crippen molar-refractivity contribution in [2.75, 3.05) is 40.3 Å². The monoisotopic (exact) mass is 265 g/mol.